The molecule has 0 bridgehead atoms. The van der Waals surface area contributed by atoms with E-state index in [1.165, 1.54) is 0 Å². The van der Waals surface area contributed by atoms with Crippen molar-refractivity contribution in [1.82, 2.24) is 9.78 Å². The monoisotopic (exact) mass is 417 g/mol. The Balaban J connectivity index is 1.57. The zero-order chi connectivity index (χ0) is 20.9. The van der Waals surface area contributed by atoms with E-state index in [0.717, 1.165) is 22.0 Å². The molecule has 1 aromatic heterocycles. The average molecular weight is 417 g/mol. The second-order valence-corrected chi connectivity index (χ2v) is 9.63. The predicted molar refractivity (Wildman–Crippen MR) is 117 cm³/mol. The smallest absolute Gasteiger partial charge is 0.256 e. The van der Waals surface area contributed by atoms with Gasteiger partial charge in [0.2, 0.25) is 0 Å². The number of amides is 1. The molecule has 0 saturated heterocycles. The minimum Gasteiger partial charge on any atom is -0.306 e. The third-order valence-corrected chi connectivity index (χ3v) is 6.75. The van der Waals surface area contributed by atoms with E-state index < -0.39 is 9.84 Å². The van der Waals surface area contributed by atoms with Crippen LogP contribution in [0.2, 0.25) is 0 Å². The van der Waals surface area contributed by atoms with Crippen LogP contribution in [0.1, 0.15) is 27.2 Å². The first-order chi connectivity index (χ1) is 14.4. The van der Waals surface area contributed by atoms with Gasteiger partial charge in [0, 0.05) is 11.1 Å². The number of aryl methyl sites for hydroxylation is 1. The Kier molecular flexibility index (Phi) is 4.22. The Hall–Kier alpha value is -3.45. The molecule has 1 aliphatic heterocycles. The lowest BCUT2D eigenvalue weighted by molar-refractivity contribution is 0.102. The van der Waals surface area contributed by atoms with Gasteiger partial charge >= 0.3 is 0 Å². The maximum Gasteiger partial charge on any atom is 0.256 e. The van der Waals surface area contributed by atoms with Crippen LogP contribution >= 0.6 is 0 Å². The van der Waals surface area contributed by atoms with Crippen LogP contribution in [0.5, 0.6) is 0 Å². The van der Waals surface area contributed by atoms with Gasteiger partial charge in [0.05, 0.1) is 22.9 Å². The molecule has 2 heterocycles. The summed E-state index contributed by atoms with van der Waals surface area (Å²) in [5.74, 6) is -0.129. The van der Waals surface area contributed by atoms with Crippen molar-refractivity contribution in [1.29, 1.82) is 0 Å². The lowest BCUT2D eigenvalue weighted by Crippen LogP contribution is -2.17. The summed E-state index contributed by atoms with van der Waals surface area (Å²) in [7, 11) is -3.25. The molecule has 0 atom stereocenters. The summed E-state index contributed by atoms with van der Waals surface area (Å²) in [4.78, 5) is 13.1. The molecule has 3 aromatic carbocycles. The molecule has 1 N–H and O–H groups in total. The first-order valence-corrected chi connectivity index (χ1v) is 11.4. The highest BCUT2D eigenvalue weighted by Gasteiger charge is 2.33. The highest BCUT2D eigenvalue weighted by atomic mass is 32.2. The third-order valence-electron chi connectivity index (χ3n) is 5.31. The molecule has 0 unspecified atom stereocenters. The number of carbonyl (C=O) groups is 1. The molecule has 1 amide bonds. The highest BCUT2D eigenvalue weighted by Crippen LogP contribution is 2.33. The van der Waals surface area contributed by atoms with E-state index in [4.69, 9.17) is 0 Å². The second-order valence-electron chi connectivity index (χ2n) is 7.57. The SMILES string of the molecule is Cc1ccc(-n2nc3c(c2NC(=O)c2ccc4ccccc4c2)CS(=O)(=O)C3)cc1. The minimum absolute atomic E-state index is 0.111. The Morgan fingerprint density at radius 3 is 2.47 bits per heavy atom. The van der Waals surface area contributed by atoms with E-state index in [2.05, 4.69) is 10.4 Å². The van der Waals surface area contributed by atoms with Crippen molar-refractivity contribution in [3.8, 4) is 5.69 Å². The maximum atomic E-state index is 13.1. The Morgan fingerprint density at radius 2 is 1.70 bits per heavy atom. The van der Waals surface area contributed by atoms with E-state index >= 15 is 0 Å². The Morgan fingerprint density at radius 1 is 0.967 bits per heavy atom. The van der Waals surface area contributed by atoms with Gasteiger partial charge in [0.15, 0.2) is 9.84 Å². The topological polar surface area (TPSA) is 81.1 Å². The number of aromatic nitrogens is 2. The number of nitrogens with zero attached hydrogens (tertiary/aromatic N) is 2. The summed E-state index contributed by atoms with van der Waals surface area (Å²) < 4.78 is 25.9. The van der Waals surface area contributed by atoms with E-state index in [1.54, 1.807) is 10.7 Å². The highest BCUT2D eigenvalue weighted by molar-refractivity contribution is 7.90. The molecule has 0 saturated carbocycles. The molecule has 0 aliphatic carbocycles. The van der Waals surface area contributed by atoms with Crippen LogP contribution in [0.3, 0.4) is 0 Å². The quantitative estimate of drug-likeness (QED) is 0.546. The summed E-state index contributed by atoms with van der Waals surface area (Å²) in [5.41, 5.74) is 3.41. The van der Waals surface area contributed by atoms with E-state index in [0.29, 0.717) is 22.6 Å². The Labute approximate surface area is 174 Å². The molecular weight excluding hydrogens is 398 g/mol. The fraction of sp³-hybridized carbons (Fsp3) is 0.130. The van der Waals surface area contributed by atoms with Crippen LogP contribution in [0.4, 0.5) is 5.82 Å². The molecule has 1 aliphatic rings. The van der Waals surface area contributed by atoms with Crippen LogP contribution in [-0.4, -0.2) is 24.1 Å². The van der Waals surface area contributed by atoms with Gasteiger partial charge in [-0.05, 0) is 42.0 Å². The molecule has 5 rings (SSSR count). The zero-order valence-corrected chi connectivity index (χ0v) is 17.1. The molecule has 150 valence electrons. The van der Waals surface area contributed by atoms with Gasteiger partial charge in [0.25, 0.3) is 5.91 Å². The molecule has 0 radical (unpaired) electrons. The van der Waals surface area contributed by atoms with Crippen molar-refractivity contribution in [2.45, 2.75) is 18.4 Å². The summed E-state index contributed by atoms with van der Waals surface area (Å²) >= 11 is 0. The van der Waals surface area contributed by atoms with Gasteiger partial charge in [-0.15, -0.1) is 0 Å². The summed E-state index contributed by atoms with van der Waals surface area (Å²) in [6, 6.07) is 21.0. The fourth-order valence-electron chi connectivity index (χ4n) is 3.75. The number of fused-ring (bicyclic) bond motifs is 2. The van der Waals surface area contributed by atoms with Crippen molar-refractivity contribution in [2.24, 2.45) is 0 Å². The lowest BCUT2D eigenvalue weighted by Gasteiger charge is -2.12. The second kappa shape index (κ2) is 6.81. The Bertz CT molecular complexity index is 1400. The van der Waals surface area contributed by atoms with E-state index in [9.17, 15) is 13.2 Å². The van der Waals surface area contributed by atoms with Crippen LogP contribution in [0, 0.1) is 6.92 Å². The van der Waals surface area contributed by atoms with Gasteiger partial charge < -0.3 is 5.32 Å². The maximum absolute atomic E-state index is 13.1. The van der Waals surface area contributed by atoms with Gasteiger partial charge in [-0.25, -0.2) is 13.1 Å². The number of anilines is 1. The van der Waals surface area contributed by atoms with Crippen molar-refractivity contribution < 1.29 is 13.2 Å². The third kappa shape index (κ3) is 3.27. The largest absolute Gasteiger partial charge is 0.306 e. The van der Waals surface area contributed by atoms with Crippen LogP contribution in [-0.2, 0) is 21.3 Å². The number of nitrogens with one attached hydrogen (secondary N) is 1. The van der Waals surface area contributed by atoms with Crippen LogP contribution in [0.25, 0.3) is 16.5 Å². The summed E-state index contributed by atoms with van der Waals surface area (Å²) in [6.07, 6.45) is 0. The van der Waals surface area contributed by atoms with E-state index in [-0.39, 0.29) is 17.4 Å². The standard InChI is InChI=1S/C23H19N3O3S/c1-15-6-10-19(11-7-15)26-22(20-13-30(28,29)14-21(20)25-26)24-23(27)18-9-8-16-4-2-3-5-17(16)12-18/h2-12H,13-14H2,1H3,(H,24,27). The number of carbonyl (C=O) groups excluding carboxylic acids is 1. The average Bonchev–Trinajstić information content (AvgIpc) is 3.20. The van der Waals surface area contributed by atoms with Crippen LogP contribution < -0.4 is 5.32 Å². The van der Waals surface area contributed by atoms with Crippen molar-refractivity contribution >= 4 is 32.3 Å². The number of rotatable bonds is 3. The van der Waals surface area contributed by atoms with Gasteiger partial charge in [0.1, 0.15) is 5.82 Å². The van der Waals surface area contributed by atoms with Crippen molar-refractivity contribution in [2.75, 3.05) is 5.32 Å². The number of hydrogen-bond acceptors (Lipinski definition) is 4. The van der Waals surface area contributed by atoms with Gasteiger partial charge in [-0.2, -0.15) is 5.10 Å². The molecule has 4 aromatic rings. The number of benzene rings is 3. The first-order valence-electron chi connectivity index (χ1n) is 9.58. The fourth-order valence-corrected chi connectivity index (χ4v) is 5.25. The molecule has 7 heteroatoms. The normalized spacial score (nSPS) is 14.6. The minimum atomic E-state index is -3.25. The molecule has 0 spiro atoms. The van der Waals surface area contributed by atoms with Crippen molar-refractivity contribution in [3.63, 3.8) is 0 Å². The number of hydrogen-bond donors (Lipinski definition) is 1. The number of sulfone groups is 1. The molecular formula is C23H19N3O3S. The van der Waals surface area contributed by atoms with Gasteiger partial charge in [-0.1, -0.05) is 48.0 Å². The molecule has 6 nitrogen and oxygen atoms in total. The first kappa shape index (κ1) is 18.6. The lowest BCUT2D eigenvalue weighted by atomic mass is 10.1. The molecule has 0 fully saturated rings. The predicted octanol–water partition coefficient (Wildman–Crippen LogP) is 4.01. The van der Waals surface area contributed by atoms with Crippen molar-refractivity contribution in [3.05, 3.63) is 89.1 Å². The van der Waals surface area contributed by atoms with E-state index in [1.807, 2.05) is 67.6 Å². The van der Waals surface area contributed by atoms with Crippen LogP contribution in [0.15, 0.2) is 66.7 Å². The molecule has 30 heavy (non-hydrogen) atoms. The zero-order valence-electron chi connectivity index (χ0n) is 16.3. The van der Waals surface area contributed by atoms with Gasteiger partial charge in [-0.3, -0.25) is 4.79 Å². The summed E-state index contributed by atoms with van der Waals surface area (Å²) in [5, 5.41) is 9.44. The summed E-state index contributed by atoms with van der Waals surface area (Å²) in [6.45, 7) is 1.99.